The van der Waals surface area contributed by atoms with Crippen LogP contribution in [0.4, 0.5) is 0 Å². The van der Waals surface area contributed by atoms with Crippen molar-refractivity contribution in [2.24, 2.45) is 0 Å². The Morgan fingerprint density at radius 3 is 2.95 bits per heavy atom. The number of aliphatic hydroxyl groups excluding tert-OH is 1. The lowest BCUT2D eigenvalue weighted by Crippen LogP contribution is -2.26. The normalized spacial score (nSPS) is 9.86. The zero-order valence-electron chi connectivity index (χ0n) is 12.1. The summed E-state index contributed by atoms with van der Waals surface area (Å²) in [7, 11) is 1.75. The van der Waals surface area contributed by atoms with E-state index < -0.39 is 0 Å². The Morgan fingerprint density at radius 2 is 2.29 bits per heavy atom. The maximum atomic E-state index is 12.3. The second kappa shape index (κ2) is 6.73. The third-order valence-electron chi connectivity index (χ3n) is 3.07. The van der Waals surface area contributed by atoms with E-state index in [9.17, 15) is 4.79 Å². The number of carbonyl (C=O) groups is 1. The summed E-state index contributed by atoms with van der Waals surface area (Å²) in [5, 5.41) is 15.3. The highest BCUT2D eigenvalue weighted by atomic mass is 16.2. The van der Waals surface area contributed by atoms with E-state index in [1.165, 1.54) is 6.20 Å². The van der Waals surface area contributed by atoms with Crippen LogP contribution in [0, 0.1) is 18.8 Å². The van der Waals surface area contributed by atoms with Crippen LogP contribution in [0.3, 0.4) is 0 Å². The molecule has 108 valence electrons. The quantitative estimate of drug-likeness (QED) is 0.835. The van der Waals surface area contributed by atoms with E-state index in [2.05, 4.69) is 22.0 Å². The van der Waals surface area contributed by atoms with Crippen LogP contribution in [0.5, 0.6) is 0 Å². The molecular formula is C16H17N3O2. The number of rotatable bonds is 3. The van der Waals surface area contributed by atoms with Gasteiger partial charge in [-0.05, 0) is 24.6 Å². The van der Waals surface area contributed by atoms with Crippen LogP contribution in [0.1, 0.15) is 27.2 Å². The largest absolute Gasteiger partial charge is 0.384 e. The molecule has 0 saturated heterocycles. The molecule has 21 heavy (non-hydrogen) atoms. The maximum Gasteiger partial charge on any atom is 0.257 e. The summed E-state index contributed by atoms with van der Waals surface area (Å²) in [6.45, 7) is 2.14. The standard InChI is InChI=1S/C16H17N3O2/c1-12-15(10-17-18-12)16(21)19(2)11-14-6-3-5-13(9-14)7-4-8-20/h3,5-6,9-10,20H,8,11H2,1-2H3,(H,17,18). The Hall–Kier alpha value is -2.58. The molecule has 0 unspecified atom stereocenters. The molecule has 0 bridgehead atoms. The van der Waals surface area contributed by atoms with Crippen LogP contribution in [-0.4, -0.2) is 39.8 Å². The van der Waals surface area contributed by atoms with Gasteiger partial charge in [0.05, 0.1) is 11.8 Å². The number of amides is 1. The number of aliphatic hydroxyl groups is 1. The van der Waals surface area contributed by atoms with E-state index in [4.69, 9.17) is 5.11 Å². The molecule has 0 fully saturated rings. The summed E-state index contributed by atoms with van der Waals surface area (Å²) >= 11 is 0. The molecule has 5 nitrogen and oxygen atoms in total. The molecule has 1 amide bonds. The fourth-order valence-electron chi connectivity index (χ4n) is 2.01. The van der Waals surface area contributed by atoms with E-state index in [1.807, 2.05) is 31.2 Å². The first-order valence-electron chi connectivity index (χ1n) is 6.56. The van der Waals surface area contributed by atoms with Crippen molar-refractivity contribution in [1.29, 1.82) is 0 Å². The Balaban J connectivity index is 2.11. The maximum absolute atomic E-state index is 12.3. The van der Waals surface area contributed by atoms with Crippen molar-refractivity contribution in [3.63, 3.8) is 0 Å². The molecule has 2 aromatic rings. The Morgan fingerprint density at radius 1 is 1.48 bits per heavy atom. The molecule has 0 radical (unpaired) electrons. The number of nitrogens with zero attached hydrogens (tertiary/aromatic N) is 2. The molecule has 1 aromatic heterocycles. The number of nitrogens with one attached hydrogen (secondary N) is 1. The van der Waals surface area contributed by atoms with Gasteiger partial charge in [-0.25, -0.2) is 0 Å². The molecule has 0 aliphatic heterocycles. The van der Waals surface area contributed by atoms with Gasteiger partial charge in [-0.3, -0.25) is 9.89 Å². The second-order valence-electron chi connectivity index (χ2n) is 4.73. The lowest BCUT2D eigenvalue weighted by molar-refractivity contribution is 0.0784. The zero-order chi connectivity index (χ0) is 15.2. The molecule has 0 saturated carbocycles. The lowest BCUT2D eigenvalue weighted by atomic mass is 10.1. The molecule has 5 heteroatoms. The van der Waals surface area contributed by atoms with Gasteiger partial charge in [0.1, 0.15) is 6.61 Å². The first kappa shape index (κ1) is 14.8. The Bertz CT molecular complexity index is 695. The minimum atomic E-state index is -0.164. The van der Waals surface area contributed by atoms with Crippen LogP contribution in [-0.2, 0) is 6.54 Å². The van der Waals surface area contributed by atoms with Gasteiger partial charge in [0.15, 0.2) is 0 Å². The van der Waals surface area contributed by atoms with Crippen molar-refractivity contribution in [2.75, 3.05) is 13.7 Å². The van der Waals surface area contributed by atoms with Gasteiger partial charge in [-0.1, -0.05) is 24.0 Å². The summed E-state index contributed by atoms with van der Waals surface area (Å²) in [6.07, 6.45) is 1.54. The summed E-state index contributed by atoms with van der Waals surface area (Å²) in [5.74, 6) is 5.39. The van der Waals surface area contributed by atoms with E-state index >= 15 is 0 Å². The number of aryl methyl sites for hydroxylation is 1. The van der Waals surface area contributed by atoms with Crippen LogP contribution >= 0.6 is 0 Å². The number of aromatic nitrogens is 2. The van der Waals surface area contributed by atoms with Gasteiger partial charge in [0.2, 0.25) is 0 Å². The molecule has 0 spiro atoms. The van der Waals surface area contributed by atoms with Crippen molar-refractivity contribution < 1.29 is 9.90 Å². The first-order chi connectivity index (χ1) is 10.1. The van der Waals surface area contributed by atoms with Crippen molar-refractivity contribution in [3.05, 3.63) is 52.8 Å². The van der Waals surface area contributed by atoms with Crippen LogP contribution < -0.4 is 0 Å². The molecule has 2 rings (SSSR count). The topological polar surface area (TPSA) is 69.2 Å². The SMILES string of the molecule is Cc1[nH]ncc1C(=O)N(C)Cc1cccc(C#CCO)c1. The monoisotopic (exact) mass is 283 g/mol. The summed E-state index contributed by atoms with van der Waals surface area (Å²) in [4.78, 5) is 13.9. The summed E-state index contributed by atoms with van der Waals surface area (Å²) in [6, 6.07) is 7.61. The van der Waals surface area contributed by atoms with Gasteiger partial charge in [-0.15, -0.1) is 0 Å². The van der Waals surface area contributed by atoms with Crippen LogP contribution in [0.15, 0.2) is 30.5 Å². The average Bonchev–Trinajstić information content (AvgIpc) is 2.90. The van der Waals surface area contributed by atoms with Gasteiger partial charge in [0, 0.05) is 24.8 Å². The highest BCUT2D eigenvalue weighted by Gasteiger charge is 2.15. The van der Waals surface area contributed by atoms with Crippen molar-refractivity contribution in [2.45, 2.75) is 13.5 Å². The van der Waals surface area contributed by atoms with Crippen molar-refractivity contribution >= 4 is 5.91 Å². The number of carbonyl (C=O) groups excluding carboxylic acids is 1. The number of aromatic amines is 1. The van der Waals surface area contributed by atoms with Crippen LogP contribution in [0.25, 0.3) is 0 Å². The van der Waals surface area contributed by atoms with Gasteiger partial charge >= 0.3 is 0 Å². The van der Waals surface area contributed by atoms with E-state index in [1.54, 1.807) is 11.9 Å². The first-order valence-corrected chi connectivity index (χ1v) is 6.56. The lowest BCUT2D eigenvalue weighted by Gasteiger charge is -2.17. The van der Waals surface area contributed by atoms with Gasteiger partial charge < -0.3 is 10.0 Å². The predicted octanol–water partition coefficient (Wildman–Crippen LogP) is 1.33. The Kier molecular flexibility index (Phi) is 4.75. The molecular weight excluding hydrogens is 266 g/mol. The van der Waals surface area contributed by atoms with Gasteiger partial charge in [0.25, 0.3) is 5.91 Å². The van der Waals surface area contributed by atoms with Crippen molar-refractivity contribution in [1.82, 2.24) is 15.1 Å². The highest BCUT2D eigenvalue weighted by Crippen LogP contribution is 2.11. The third-order valence-corrected chi connectivity index (χ3v) is 3.07. The Labute approximate surface area is 123 Å². The average molecular weight is 283 g/mol. The second-order valence-corrected chi connectivity index (χ2v) is 4.73. The smallest absolute Gasteiger partial charge is 0.257 e. The summed E-state index contributed by atoms with van der Waals surface area (Å²) in [5.41, 5.74) is 3.14. The molecule has 0 aliphatic rings. The van der Waals surface area contributed by atoms with E-state index in [0.29, 0.717) is 12.1 Å². The predicted molar refractivity (Wildman–Crippen MR) is 79.5 cm³/mol. The molecule has 0 aliphatic carbocycles. The molecule has 1 aromatic carbocycles. The fraction of sp³-hybridized carbons (Fsp3) is 0.250. The zero-order valence-corrected chi connectivity index (χ0v) is 12.1. The number of hydrogen-bond donors (Lipinski definition) is 2. The van der Waals surface area contributed by atoms with Crippen LogP contribution in [0.2, 0.25) is 0 Å². The fourth-order valence-corrected chi connectivity index (χ4v) is 2.01. The van der Waals surface area contributed by atoms with Crippen molar-refractivity contribution in [3.8, 4) is 11.8 Å². The summed E-state index contributed by atoms with van der Waals surface area (Å²) < 4.78 is 0. The number of H-pyrrole nitrogens is 1. The third kappa shape index (κ3) is 3.71. The number of benzene rings is 1. The van der Waals surface area contributed by atoms with E-state index in [-0.39, 0.29) is 12.5 Å². The highest BCUT2D eigenvalue weighted by molar-refractivity contribution is 5.94. The minimum absolute atomic E-state index is 0.0758. The molecule has 2 N–H and O–H groups in total. The molecule has 1 heterocycles. The van der Waals surface area contributed by atoms with E-state index in [0.717, 1.165) is 16.8 Å². The molecule has 0 atom stereocenters. The number of hydrogen-bond acceptors (Lipinski definition) is 3. The van der Waals surface area contributed by atoms with Gasteiger partial charge in [-0.2, -0.15) is 5.10 Å². The minimum Gasteiger partial charge on any atom is -0.384 e.